The topological polar surface area (TPSA) is 0 Å². The van der Waals surface area contributed by atoms with Crippen molar-refractivity contribution in [2.24, 2.45) is 0 Å². The van der Waals surface area contributed by atoms with Gasteiger partial charge in [0, 0.05) is 0 Å². The Hall–Kier alpha value is -2.19. The average molecular weight is 306 g/mol. The summed E-state index contributed by atoms with van der Waals surface area (Å²) in [4.78, 5) is 0. The highest BCUT2D eigenvalue weighted by Crippen LogP contribution is 2.21. The van der Waals surface area contributed by atoms with E-state index in [1.165, 1.54) is 10.4 Å². The first-order chi connectivity index (χ1) is 10.8. The molecule has 0 amide bonds. The minimum atomic E-state index is -1.54. The molecule has 0 fully saturated rings. The van der Waals surface area contributed by atoms with E-state index in [-0.39, 0.29) is 11.4 Å². The fraction of sp³-hybridized carbons (Fsp3) is 0.100. The van der Waals surface area contributed by atoms with Gasteiger partial charge in [-0.3, -0.25) is 0 Å². The van der Waals surface area contributed by atoms with Gasteiger partial charge in [-0.2, -0.15) is 0 Å². The van der Waals surface area contributed by atoms with E-state index in [1.807, 2.05) is 24.3 Å². The van der Waals surface area contributed by atoms with Crippen molar-refractivity contribution in [2.75, 3.05) is 0 Å². The molecule has 110 valence electrons. The third kappa shape index (κ3) is 3.02. The third-order valence-electron chi connectivity index (χ3n) is 4.21. The van der Waals surface area contributed by atoms with Crippen LogP contribution in [0.4, 0.5) is 4.39 Å². The number of hydrogen-bond donors (Lipinski definition) is 0. The summed E-state index contributed by atoms with van der Waals surface area (Å²) in [6.07, 6.45) is 0. The lowest BCUT2D eigenvalue weighted by molar-refractivity contribution is 0.609. The van der Waals surface area contributed by atoms with Crippen LogP contribution >= 0.6 is 0 Å². The Morgan fingerprint density at radius 2 is 1.14 bits per heavy atom. The summed E-state index contributed by atoms with van der Waals surface area (Å²) in [6, 6.07) is 28.3. The summed E-state index contributed by atoms with van der Waals surface area (Å²) in [5.74, 6) is -0.0978. The van der Waals surface area contributed by atoms with Crippen LogP contribution in [0.3, 0.4) is 0 Å². The average Bonchev–Trinajstić information content (AvgIpc) is 2.57. The summed E-state index contributed by atoms with van der Waals surface area (Å²) in [5.41, 5.74) is 1.03. The zero-order chi connectivity index (χ0) is 15.4. The molecule has 1 unspecified atom stereocenters. The molecule has 22 heavy (non-hydrogen) atoms. The van der Waals surface area contributed by atoms with Crippen LogP contribution in [-0.4, -0.2) is 8.80 Å². The molecule has 0 aliphatic rings. The molecule has 3 aromatic carbocycles. The fourth-order valence-corrected chi connectivity index (χ4v) is 6.56. The SMILES string of the molecule is CC(c1ccccc1F)[SiH](c1ccccc1)c1ccccc1. The first kappa shape index (κ1) is 14.7. The van der Waals surface area contributed by atoms with Gasteiger partial charge in [0.15, 0.2) is 0 Å². The van der Waals surface area contributed by atoms with Crippen LogP contribution in [0.2, 0.25) is 0 Å². The van der Waals surface area contributed by atoms with Crippen LogP contribution in [0.15, 0.2) is 84.9 Å². The van der Waals surface area contributed by atoms with Crippen LogP contribution in [0.25, 0.3) is 0 Å². The predicted molar refractivity (Wildman–Crippen MR) is 94.1 cm³/mol. The number of rotatable bonds is 4. The highest BCUT2D eigenvalue weighted by atomic mass is 28.3. The minimum Gasteiger partial charge on any atom is -0.207 e. The number of hydrogen-bond acceptors (Lipinski definition) is 0. The summed E-state index contributed by atoms with van der Waals surface area (Å²) < 4.78 is 14.3. The Morgan fingerprint density at radius 3 is 1.64 bits per heavy atom. The van der Waals surface area contributed by atoms with Crippen molar-refractivity contribution < 1.29 is 4.39 Å². The van der Waals surface area contributed by atoms with Crippen LogP contribution in [-0.2, 0) is 0 Å². The molecular weight excluding hydrogens is 287 g/mol. The Balaban J connectivity index is 2.08. The lowest BCUT2D eigenvalue weighted by atomic mass is 10.1. The van der Waals surface area contributed by atoms with Crippen molar-refractivity contribution >= 4 is 19.2 Å². The van der Waals surface area contributed by atoms with Crippen LogP contribution in [0.1, 0.15) is 18.0 Å². The van der Waals surface area contributed by atoms with Gasteiger partial charge in [-0.1, -0.05) is 96.2 Å². The highest BCUT2D eigenvalue weighted by molar-refractivity contribution is 6.86. The maximum Gasteiger partial charge on any atom is 0.126 e. The van der Waals surface area contributed by atoms with Gasteiger partial charge in [0.1, 0.15) is 14.6 Å². The summed E-state index contributed by atoms with van der Waals surface area (Å²) in [7, 11) is -1.54. The van der Waals surface area contributed by atoms with Gasteiger partial charge in [-0.05, 0) is 17.2 Å². The Kier molecular flexibility index (Phi) is 4.49. The zero-order valence-electron chi connectivity index (χ0n) is 12.6. The molecule has 3 aromatic rings. The molecule has 0 heterocycles. The molecule has 0 saturated heterocycles. The monoisotopic (exact) mass is 306 g/mol. The summed E-state index contributed by atoms with van der Waals surface area (Å²) in [6.45, 7) is 2.16. The van der Waals surface area contributed by atoms with Crippen LogP contribution in [0, 0.1) is 5.82 Å². The minimum absolute atomic E-state index is 0.0978. The molecular formula is C20H19FSi. The largest absolute Gasteiger partial charge is 0.207 e. The third-order valence-corrected chi connectivity index (χ3v) is 7.78. The van der Waals surface area contributed by atoms with Crippen molar-refractivity contribution in [2.45, 2.75) is 12.5 Å². The molecule has 0 aromatic heterocycles. The lowest BCUT2D eigenvalue weighted by Crippen LogP contribution is -2.46. The van der Waals surface area contributed by atoms with E-state index in [1.54, 1.807) is 12.1 Å². The van der Waals surface area contributed by atoms with E-state index in [2.05, 4.69) is 55.5 Å². The van der Waals surface area contributed by atoms with E-state index in [0.29, 0.717) is 0 Å². The van der Waals surface area contributed by atoms with Gasteiger partial charge in [0.05, 0.1) is 0 Å². The van der Waals surface area contributed by atoms with Gasteiger partial charge in [-0.25, -0.2) is 4.39 Å². The smallest absolute Gasteiger partial charge is 0.126 e. The fourth-order valence-electron chi connectivity index (χ4n) is 3.11. The second-order valence-electron chi connectivity index (χ2n) is 5.61. The van der Waals surface area contributed by atoms with Gasteiger partial charge in [0.2, 0.25) is 0 Å². The molecule has 2 heteroatoms. The molecule has 3 rings (SSSR count). The molecule has 0 nitrogen and oxygen atoms in total. The van der Waals surface area contributed by atoms with Crippen LogP contribution in [0.5, 0.6) is 0 Å². The normalized spacial score (nSPS) is 12.3. The van der Waals surface area contributed by atoms with Gasteiger partial charge in [-0.15, -0.1) is 0 Å². The van der Waals surface area contributed by atoms with E-state index in [4.69, 9.17) is 0 Å². The summed E-state index contributed by atoms with van der Waals surface area (Å²) >= 11 is 0. The van der Waals surface area contributed by atoms with Gasteiger partial charge in [0.25, 0.3) is 0 Å². The Bertz CT molecular complexity index is 685. The number of benzene rings is 3. The molecule has 0 saturated carbocycles. The molecule has 0 aliphatic carbocycles. The van der Waals surface area contributed by atoms with E-state index in [9.17, 15) is 4.39 Å². The van der Waals surface area contributed by atoms with E-state index < -0.39 is 8.80 Å². The summed E-state index contributed by atoms with van der Waals surface area (Å²) in [5, 5.41) is 2.70. The van der Waals surface area contributed by atoms with Crippen molar-refractivity contribution in [1.29, 1.82) is 0 Å². The highest BCUT2D eigenvalue weighted by Gasteiger charge is 2.26. The quantitative estimate of drug-likeness (QED) is 0.647. The van der Waals surface area contributed by atoms with E-state index >= 15 is 0 Å². The van der Waals surface area contributed by atoms with Crippen LogP contribution < -0.4 is 10.4 Å². The van der Waals surface area contributed by atoms with Crippen molar-refractivity contribution in [3.63, 3.8) is 0 Å². The van der Waals surface area contributed by atoms with Crippen molar-refractivity contribution in [3.8, 4) is 0 Å². The second-order valence-corrected chi connectivity index (χ2v) is 8.90. The van der Waals surface area contributed by atoms with Crippen molar-refractivity contribution in [3.05, 3.63) is 96.3 Å². The molecule has 1 atom stereocenters. The molecule has 0 aliphatic heterocycles. The maximum atomic E-state index is 14.3. The molecule has 0 radical (unpaired) electrons. The Morgan fingerprint density at radius 1 is 0.682 bits per heavy atom. The number of halogens is 1. The first-order valence-corrected chi connectivity index (χ1v) is 9.44. The van der Waals surface area contributed by atoms with Gasteiger partial charge < -0.3 is 0 Å². The van der Waals surface area contributed by atoms with E-state index in [0.717, 1.165) is 5.56 Å². The first-order valence-electron chi connectivity index (χ1n) is 7.61. The molecule has 0 bridgehead atoms. The lowest BCUT2D eigenvalue weighted by Gasteiger charge is -2.24. The maximum absolute atomic E-state index is 14.3. The van der Waals surface area contributed by atoms with Gasteiger partial charge >= 0.3 is 0 Å². The Labute approximate surface area is 132 Å². The predicted octanol–water partition coefficient (Wildman–Crippen LogP) is 3.51. The van der Waals surface area contributed by atoms with Crippen molar-refractivity contribution in [1.82, 2.24) is 0 Å². The molecule has 0 spiro atoms. The zero-order valence-corrected chi connectivity index (χ0v) is 13.8. The second kappa shape index (κ2) is 6.71. The molecule has 0 N–H and O–H groups in total. The standard InChI is InChI=1S/C20H19FSi/c1-16(19-14-8-9-15-20(19)21)22(17-10-4-2-5-11-17)18-12-6-3-7-13-18/h2-16,22H,1H3.